The molecule has 0 atom stereocenters. The molecular weight excluding hydrogens is 391 g/mol. The van der Waals surface area contributed by atoms with Crippen molar-refractivity contribution in [2.75, 3.05) is 11.0 Å². The molecule has 0 fully saturated rings. The van der Waals surface area contributed by atoms with Crippen molar-refractivity contribution in [3.05, 3.63) is 79.0 Å². The lowest BCUT2D eigenvalue weighted by atomic mass is 9.99. The number of hydrogen-bond donors (Lipinski definition) is 2. The molecular formula is C21H17FN4O2S. The van der Waals surface area contributed by atoms with Gasteiger partial charge in [0.05, 0.1) is 18.1 Å². The zero-order chi connectivity index (χ0) is 20.4. The largest absolute Gasteiger partial charge is 0.338 e. The molecule has 2 N–H and O–H groups in total. The first-order valence-corrected chi connectivity index (χ1v) is 10.6. The molecule has 4 rings (SSSR count). The molecule has 0 spiro atoms. The molecule has 0 amide bonds. The number of rotatable bonds is 5. The molecule has 2 heterocycles. The van der Waals surface area contributed by atoms with E-state index in [0.29, 0.717) is 11.5 Å². The number of H-pyrrole nitrogens is 1. The Morgan fingerprint density at radius 1 is 0.931 bits per heavy atom. The average Bonchev–Trinajstić information content (AvgIpc) is 3.18. The summed E-state index contributed by atoms with van der Waals surface area (Å²) in [5, 5.41) is 0. The highest BCUT2D eigenvalue weighted by atomic mass is 32.2. The normalized spacial score (nSPS) is 11.4. The number of nitrogens with zero attached hydrogens (tertiary/aromatic N) is 2. The summed E-state index contributed by atoms with van der Waals surface area (Å²) < 4.78 is 38.9. The maximum Gasteiger partial charge on any atom is 0.229 e. The van der Waals surface area contributed by atoms with E-state index in [4.69, 9.17) is 0 Å². The molecule has 0 saturated carbocycles. The van der Waals surface area contributed by atoms with Gasteiger partial charge in [-0.3, -0.25) is 9.71 Å². The minimum atomic E-state index is -3.41. The van der Waals surface area contributed by atoms with Crippen LogP contribution in [0, 0.1) is 5.82 Å². The molecule has 4 aromatic rings. The Labute approximate surface area is 167 Å². The molecule has 2 aromatic heterocycles. The minimum Gasteiger partial charge on any atom is -0.338 e. The van der Waals surface area contributed by atoms with Gasteiger partial charge in [0.1, 0.15) is 11.6 Å². The van der Waals surface area contributed by atoms with Crippen molar-refractivity contribution in [2.45, 2.75) is 0 Å². The lowest BCUT2D eigenvalue weighted by Gasteiger charge is -2.11. The van der Waals surface area contributed by atoms with E-state index in [-0.39, 0.29) is 5.82 Å². The van der Waals surface area contributed by atoms with E-state index in [1.807, 2.05) is 12.1 Å². The molecule has 0 bridgehead atoms. The minimum absolute atomic E-state index is 0.303. The number of anilines is 1. The number of hydrogen-bond acceptors (Lipinski definition) is 4. The second kappa shape index (κ2) is 7.48. The van der Waals surface area contributed by atoms with Crippen molar-refractivity contribution in [2.24, 2.45) is 0 Å². The van der Waals surface area contributed by atoms with E-state index in [2.05, 4.69) is 19.7 Å². The zero-order valence-electron chi connectivity index (χ0n) is 15.4. The van der Waals surface area contributed by atoms with Crippen LogP contribution in [0.15, 0.2) is 73.2 Å². The SMILES string of the molecule is CS(=O)(=O)Nc1ccc(-c2ncc(-c3ccc(F)cc3)[nH]2)c(-c2ccncc2)c1. The predicted octanol–water partition coefficient (Wildman–Crippen LogP) is 4.32. The van der Waals surface area contributed by atoms with Crippen molar-refractivity contribution >= 4 is 15.7 Å². The van der Waals surface area contributed by atoms with Gasteiger partial charge in [-0.05, 0) is 71.3 Å². The number of sulfonamides is 1. The van der Waals surface area contributed by atoms with E-state index in [1.54, 1.807) is 48.9 Å². The summed E-state index contributed by atoms with van der Waals surface area (Å²) in [5.74, 6) is 0.310. The third-order valence-electron chi connectivity index (χ3n) is 4.30. The number of aromatic amines is 1. The smallest absolute Gasteiger partial charge is 0.229 e. The molecule has 0 aliphatic heterocycles. The second-order valence-electron chi connectivity index (χ2n) is 6.52. The number of pyridine rings is 1. The van der Waals surface area contributed by atoms with E-state index in [0.717, 1.165) is 34.2 Å². The number of aromatic nitrogens is 3. The van der Waals surface area contributed by atoms with Gasteiger partial charge in [-0.2, -0.15) is 0 Å². The fraction of sp³-hybridized carbons (Fsp3) is 0.0476. The van der Waals surface area contributed by atoms with Gasteiger partial charge in [-0.1, -0.05) is 0 Å². The Morgan fingerprint density at radius 3 is 2.34 bits per heavy atom. The summed E-state index contributed by atoms with van der Waals surface area (Å²) in [4.78, 5) is 11.8. The van der Waals surface area contributed by atoms with Crippen molar-refractivity contribution in [1.82, 2.24) is 15.0 Å². The third-order valence-corrected chi connectivity index (χ3v) is 4.91. The van der Waals surface area contributed by atoms with Gasteiger partial charge < -0.3 is 4.98 Å². The molecule has 0 unspecified atom stereocenters. The highest BCUT2D eigenvalue weighted by Crippen LogP contribution is 2.34. The Bertz CT molecular complexity index is 1250. The van der Waals surface area contributed by atoms with Crippen LogP contribution in [0.25, 0.3) is 33.8 Å². The summed E-state index contributed by atoms with van der Waals surface area (Å²) >= 11 is 0. The first-order chi connectivity index (χ1) is 13.9. The van der Waals surface area contributed by atoms with Crippen LogP contribution in [0.4, 0.5) is 10.1 Å². The lowest BCUT2D eigenvalue weighted by Crippen LogP contribution is -2.09. The van der Waals surface area contributed by atoms with Crippen LogP contribution in [0.5, 0.6) is 0 Å². The lowest BCUT2D eigenvalue weighted by molar-refractivity contribution is 0.607. The first kappa shape index (κ1) is 18.8. The summed E-state index contributed by atoms with van der Waals surface area (Å²) in [5.41, 5.74) is 4.47. The topological polar surface area (TPSA) is 87.7 Å². The van der Waals surface area contributed by atoms with Crippen LogP contribution in [-0.2, 0) is 10.0 Å². The number of halogens is 1. The average molecular weight is 408 g/mol. The van der Waals surface area contributed by atoms with Crippen molar-refractivity contribution in [3.8, 4) is 33.8 Å². The summed E-state index contributed by atoms with van der Waals surface area (Å²) in [6.45, 7) is 0. The predicted molar refractivity (Wildman–Crippen MR) is 111 cm³/mol. The number of nitrogens with one attached hydrogen (secondary N) is 2. The van der Waals surface area contributed by atoms with Crippen LogP contribution in [0.2, 0.25) is 0 Å². The quantitative estimate of drug-likeness (QED) is 0.515. The fourth-order valence-corrected chi connectivity index (χ4v) is 3.59. The zero-order valence-corrected chi connectivity index (χ0v) is 16.2. The second-order valence-corrected chi connectivity index (χ2v) is 8.27. The molecule has 146 valence electrons. The van der Waals surface area contributed by atoms with Crippen LogP contribution in [0.3, 0.4) is 0 Å². The molecule has 29 heavy (non-hydrogen) atoms. The summed E-state index contributed by atoms with van der Waals surface area (Å²) in [6, 6.07) is 15.1. The number of benzene rings is 2. The van der Waals surface area contributed by atoms with Crippen molar-refractivity contribution in [1.29, 1.82) is 0 Å². The Kier molecular flexibility index (Phi) is 4.85. The van der Waals surface area contributed by atoms with Gasteiger partial charge in [-0.25, -0.2) is 17.8 Å². The number of imidazole rings is 1. The molecule has 8 heteroatoms. The summed E-state index contributed by atoms with van der Waals surface area (Å²) in [7, 11) is -3.41. The van der Waals surface area contributed by atoms with Gasteiger partial charge in [0.2, 0.25) is 10.0 Å². The Hall–Kier alpha value is -3.52. The van der Waals surface area contributed by atoms with Crippen molar-refractivity contribution < 1.29 is 12.8 Å². The molecule has 0 saturated heterocycles. The van der Waals surface area contributed by atoms with Gasteiger partial charge in [-0.15, -0.1) is 0 Å². The maximum atomic E-state index is 13.2. The van der Waals surface area contributed by atoms with Crippen molar-refractivity contribution in [3.63, 3.8) is 0 Å². The van der Waals surface area contributed by atoms with Gasteiger partial charge in [0.15, 0.2) is 0 Å². The van der Waals surface area contributed by atoms with E-state index in [9.17, 15) is 12.8 Å². The molecule has 0 aliphatic carbocycles. The molecule has 6 nitrogen and oxygen atoms in total. The van der Waals surface area contributed by atoms with E-state index < -0.39 is 10.0 Å². The molecule has 2 aromatic carbocycles. The van der Waals surface area contributed by atoms with Crippen LogP contribution in [-0.4, -0.2) is 29.6 Å². The van der Waals surface area contributed by atoms with Crippen LogP contribution >= 0.6 is 0 Å². The first-order valence-electron chi connectivity index (χ1n) is 8.72. The third kappa shape index (κ3) is 4.33. The Balaban J connectivity index is 1.80. The summed E-state index contributed by atoms with van der Waals surface area (Å²) in [6.07, 6.45) is 6.12. The highest BCUT2D eigenvalue weighted by Gasteiger charge is 2.14. The molecule has 0 aliphatic rings. The van der Waals surface area contributed by atoms with E-state index in [1.165, 1.54) is 12.1 Å². The van der Waals surface area contributed by atoms with Crippen LogP contribution < -0.4 is 4.72 Å². The highest BCUT2D eigenvalue weighted by molar-refractivity contribution is 7.92. The monoisotopic (exact) mass is 408 g/mol. The van der Waals surface area contributed by atoms with Gasteiger partial charge >= 0.3 is 0 Å². The Morgan fingerprint density at radius 2 is 1.66 bits per heavy atom. The van der Waals surface area contributed by atoms with Crippen LogP contribution in [0.1, 0.15) is 0 Å². The fourth-order valence-electron chi connectivity index (χ4n) is 3.03. The molecule has 0 radical (unpaired) electrons. The van der Waals surface area contributed by atoms with E-state index >= 15 is 0 Å². The standard InChI is InChI=1S/C21H17FN4O2S/c1-29(27,28)26-17-6-7-18(19(12-17)14-8-10-23-11-9-14)21-24-13-20(25-21)15-2-4-16(22)5-3-15/h2-13,26H,1H3,(H,24,25). The van der Waals surface area contributed by atoms with Gasteiger partial charge in [0, 0.05) is 23.6 Å². The van der Waals surface area contributed by atoms with Gasteiger partial charge in [0.25, 0.3) is 0 Å². The maximum absolute atomic E-state index is 13.2.